The summed E-state index contributed by atoms with van der Waals surface area (Å²) in [6, 6.07) is 12.3. The standard InChI is InChI=1S/C14H13BrN2O2/c15-13-11(7-4-8-16-13)14(19)17-12(9-18)10-5-2-1-3-6-10/h1-8,12,18H,9H2,(H,17,19)/t12-/m0/s1. The number of halogens is 1. The molecule has 2 rings (SSSR count). The second-order valence-electron chi connectivity index (χ2n) is 3.96. The zero-order chi connectivity index (χ0) is 13.7. The molecule has 0 fully saturated rings. The summed E-state index contributed by atoms with van der Waals surface area (Å²) in [5, 5.41) is 12.2. The van der Waals surface area contributed by atoms with E-state index in [9.17, 15) is 9.90 Å². The molecule has 0 aliphatic carbocycles. The van der Waals surface area contributed by atoms with Gasteiger partial charge in [-0.3, -0.25) is 4.79 Å². The van der Waals surface area contributed by atoms with Crippen molar-refractivity contribution in [2.24, 2.45) is 0 Å². The van der Waals surface area contributed by atoms with Gasteiger partial charge in [-0.25, -0.2) is 4.98 Å². The number of amides is 1. The van der Waals surface area contributed by atoms with E-state index < -0.39 is 6.04 Å². The van der Waals surface area contributed by atoms with Gasteiger partial charge in [-0.2, -0.15) is 0 Å². The van der Waals surface area contributed by atoms with Gasteiger partial charge in [0.25, 0.3) is 5.91 Å². The van der Waals surface area contributed by atoms with E-state index in [-0.39, 0.29) is 12.5 Å². The zero-order valence-corrected chi connectivity index (χ0v) is 11.7. The minimum Gasteiger partial charge on any atom is -0.394 e. The SMILES string of the molecule is O=C(N[C@@H](CO)c1ccccc1)c1cccnc1Br. The molecule has 19 heavy (non-hydrogen) atoms. The van der Waals surface area contributed by atoms with Crippen LogP contribution in [0.5, 0.6) is 0 Å². The summed E-state index contributed by atoms with van der Waals surface area (Å²) in [6.45, 7) is -0.159. The number of carbonyl (C=O) groups excluding carboxylic acids is 1. The Morgan fingerprint density at radius 1 is 1.26 bits per heavy atom. The van der Waals surface area contributed by atoms with Crippen LogP contribution in [0.15, 0.2) is 53.3 Å². The highest BCUT2D eigenvalue weighted by Crippen LogP contribution is 2.16. The first-order chi connectivity index (χ1) is 9.22. The molecule has 0 spiro atoms. The third-order valence-electron chi connectivity index (χ3n) is 2.69. The van der Waals surface area contributed by atoms with Crippen molar-refractivity contribution >= 4 is 21.8 Å². The van der Waals surface area contributed by atoms with Crippen molar-refractivity contribution in [1.82, 2.24) is 10.3 Å². The molecule has 5 heteroatoms. The molecule has 98 valence electrons. The third-order valence-corrected chi connectivity index (χ3v) is 3.33. The van der Waals surface area contributed by atoms with Crippen LogP contribution in [0.3, 0.4) is 0 Å². The molecule has 0 aliphatic heterocycles. The number of aromatic nitrogens is 1. The zero-order valence-electron chi connectivity index (χ0n) is 10.1. The third kappa shape index (κ3) is 3.39. The maximum Gasteiger partial charge on any atom is 0.254 e. The maximum atomic E-state index is 12.1. The minimum absolute atomic E-state index is 0.159. The summed E-state index contributed by atoms with van der Waals surface area (Å²) in [5.41, 5.74) is 1.30. The Kier molecular flexibility index (Phi) is 4.65. The van der Waals surface area contributed by atoms with Gasteiger partial charge in [-0.1, -0.05) is 30.3 Å². The lowest BCUT2D eigenvalue weighted by Crippen LogP contribution is -2.31. The van der Waals surface area contributed by atoms with Gasteiger partial charge in [0.2, 0.25) is 0 Å². The van der Waals surface area contributed by atoms with Crippen molar-refractivity contribution in [3.8, 4) is 0 Å². The van der Waals surface area contributed by atoms with Crippen LogP contribution in [-0.2, 0) is 0 Å². The lowest BCUT2D eigenvalue weighted by Gasteiger charge is -2.17. The summed E-state index contributed by atoms with van der Waals surface area (Å²) < 4.78 is 0.484. The number of benzene rings is 1. The van der Waals surface area contributed by atoms with Gasteiger partial charge >= 0.3 is 0 Å². The van der Waals surface area contributed by atoms with Gasteiger partial charge in [-0.05, 0) is 33.6 Å². The number of hydrogen-bond acceptors (Lipinski definition) is 3. The molecule has 2 aromatic rings. The first-order valence-corrected chi connectivity index (χ1v) is 6.59. The normalized spacial score (nSPS) is 11.9. The largest absolute Gasteiger partial charge is 0.394 e. The topological polar surface area (TPSA) is 62.2 Å². The first-order valence-electron chi connectivity index (χ1n) is 5.79. The molecule has 1 aromatic heterocycles. The molecular formula is C14H13BrN2O2. The Labute approximate surface area is 119 Å². The van der Waals surface area contributed by atoms with Crippen molar-refractivity contribution in [2.45, 2.75) is 6.04 Å². The Morgan fingerprint density at radius 2 is 2.00 bits per heavy atom. The van der Waals surface area contributed by atoms with Crippen molar-refractivity contribution < 1.29 is 9.90 Å². The lowest BCUT2D eigenvalue weighted by molar-refractivity contribution is 0.0915. The Morgan fingerprint density at radius 3 is 2.63 bits per heavy atom. The van der Waals surface area contributed by atoms with Gasteiger partial charge in [0.1, 0.15) is 4.60 Å². The summed E-state index contributed by atoms with van der Waals surface area (Å²) in [5.74, 6) is -0.275. The van der Waals surface area contributed by atoms with E-state index in [1.165, 1.54) is 0 Å². The van der Waals surface area contributed by atoms with Crippen molar-refractivity contribution in [3.05, 3.63) is 64.4 Å². The second-order valence-corrected chi connectivity index (χ2v) is 4.71. The average Bonchev–Trinajstić information content (AvgIpc) is 2.46. The molecular weight excluding hydrogens is 308 g/mol. The maximum absolute atomic E-state index is 12.1. The van der Waals surface area contributed by atoms with E-state index in [2.05, 4.69) is 26.2 Å². The van der Waals surface area contributed by atoms with Crippen LogP contribution in [0.25, 0.3) is 0 Å². The monoisotopic (exact) mass is 320 g/mol. The predicted octanol–water partition coefficient (Wildman–Crippen LogP) is 2.31. The highest BCUT2D eigenvalue weighted by atomic mass is 79.9. The van der Waals surface area contributed by atoms with Gasteiger partial charge in [-0.15, -0.1) is 0 Å². The number of nitrogens with one attached hydrogen (secondary N) is 1. The highest BCUT2D eigenvalue weighted by molar-refractivity contribution is 9.10. The van der Waals surface area contributed by atoms with Crippen LogP contribution in [0.1, 0.15) is 22.0 Å². The van der Waals surface area contributed by atoms with Crippen LogP contribution in [-0.4, -0.2) is 22.6 Å². The number of aliphatic hydroxyl groups excluding tert-OH is 1. The first kappa shape index (κ1) is 13.7. The van der Waals surface area contributed by atoms with Crippen LogP contribution >= 0.6 is 15.9 Å². The van der Waals surface area contributed by atoms with Gasteiger partial charge in [0.05, 0.1) is 18.2 Å². The van der Waals surface area contributed by atoms with E-state index in [0.717, 1.165) is 5.56 Å². The molecule has 0 saturated heterocycles. The fraction of sp³-hybridized carbons (Fsp3) is 0.143. The number of hydrogen-bond donors (Lipinski definition) is 2. The smallest absolute Gasteiger partial charge is 0.254 e. The predicted molar refractivity (Wildman–Crippen MR) is 75.7 cm³/mol. The summed E-state index contributed by atoms with van der Waals surface area (Å²) in [7, 11) is 0. The molecule has 0 saturated carbocycles. The lowest BCUT2D eigenvalue weighted by atomic mass is 10.1. The molecule has 1 heterocycles. The van der Waals surface area contributed by atoms with E-state index in [4.69, 9.17) is 0 Å². The molecule has 2 N–H and O–H groups in total. The molecule has 1 amide bonds. The molecule has 1 atom stereocenters. The van der Waals surface area contributed by atoms with Crippen molar-refractivity contribution in [1.29, 1.82) is 0 Å². The van der Waals surface area contributed by atoms with E-state index in [1.807, 2.05) is 30.3 Å². The summed E-state index contributed by atoms with van der Waals surface area (Å²) in [4.78, 5) is 16.1. The Hall–Kier alpha value is -1.72. The number of pyridine rings is 1. The molecule has 0 aliphatic rings. The highest BCUT2D eigenvalue weighted by Gasteiger charge is 2.16. The number of rotatable bonds is 4. The molecule has 0 bridgehead atoms. The number of carbonyl (C=O) groups is 1. The minimum atomic E-state index is -0.430. The summed E-state index contributed by atoms with van der Waals surface area (Å²) >= 11 is 3.23. The van der Waals surface area contributed by atoms with Crippen LogP contribution in [0.4, 0.5) is 0 Å². The van der Waals surface area contributed by atoms with Crippen molar-refractivity contribution in [3.63, 3.8) is 0 Å². The fourth-order valence-electron chi connectivity index (χ4n) is 1.71. The van der Waals surface area contributed by atoms with Gasteiger partial charge in [0.15, 0.2) is 0 Å². The quantitative estimate of drug-likeness (QED) is 0.850. The average molecular weight is 321 g/mol. The molecule has 0 radical (unpaired) electrons. The van der Waals surface area contributed by atoms with E-state index >= 15 is 0 Å². The van der Waals surface area contributed by atoms with Crippen LogP contribution < -0.4 is 5.32 Å². The Balaban J connectivity index is 2.16. The van der Waals surface area contributed by atoms with Gasteiger partial charge < -0.3 is 10.4 Å². The second kappa shape index (κ2) is 6.45. The van der Waals surface area contributed by atoms with Crippen molar-refractivity contribution in [2.75, 3.05) is 6.61 Å². The van der Waals surface area contributed by atoms with Crippen LogP contribution in [0.2, 0.25) is 0 Å². The Bertz CT molecular complexity index is 560. The molecule has 0 unspecified atom stereocenters. The molecule has 4 nitrogen and oxygen atoms in total. The fourth-order valence-corrected chi connectivity index (χ4v) is 2.14. The van der Waals surface area contributed by atoms with E-state index in [1.54, 1.807) is 18.3 Å². The summed E-state index contributed by atoms with van der Waals surface area (Å²) in [6.07, 6.45) is 1.60. The number of nitrogens with zero attached hydrogens (tertiary/aromatic N) is 1. The van der Waals surface area contributed by atoms with Gasteiger partial charge in [0, 0.05) is 6.20 Å². The number of aliphatic hydroxyl groups is 1. The molecule has 1 aromatic carbocycles. The van der Waals surface area contributed by atoms with Crippen LogP contribution in [0, 0.1) is 0 Å². The van der Waals surface area contributed by atoms with E-state index in [0.29, 0.717) is 10.2 Å².